The first-order valence-electron chi connectivity index (χ1n) is 6.95. The van der Waals surface area contributed by atoms with Crippen LogP contribution in [0.1, 0.15) is 10.4 Å². The van der Waals surface area contributed by atoms with Gasteiger partial charge in [0, 0.05) is 45.3 Å². The van der Waals surface area contributed by atoms with Gasteiger partial charge in [-0.05, 0) is 12.1 Å². The summed E-state index contributed by atoms with van der Waals surface area (Å²) in [7, 11) is 0. The van der Waals surface area contributed by atoms with E-state index in [4.69, 9.17) is 11.6 Å². The molecule has 2 heterocycles. The molecule has 1 aromatic rings. The predicted molar refractivity (Wildman–Crippen MR) is 75.5 cm³/mol. The molecule has 2 saturated heterocycles. The molecule has 2 aliphatic rings. The molecule has 4 nitrogen and oxygen atoms in total. The van der Waals surface area contributed by atoms with Gasteiger partial charge >= 0.3 is 0 Å². The Kier molecular flexibility index (Phi) is 4.10. The molecule has 1 aromatic carbocycles. The molecule has 0 radical (unpaired) electrons. The Hall–Kier alpha value is -1.24. The highest BCUT2D eigenvalue weighted by Gasteiger charge is 2.30. The largest absolute Gasteiger partial charge is 0.336 e. The third kappa shape index (κ3) is 2.88. The Labute approximate surface area is 126 Å². The molecule has 0 spiro atoms. The fourth-order valence-corrected chi connectivity index (χ4v) is 2.83. The van der Waals surface area contributed by atoms with E-state index in [1.165, 1.54) is 0 Å². The summed E-state index contributed by atoms with van der Waals surface area (Å²) >= 11 is 5.50. The second-order valence-corrected chi connectivity index (χ2v) is 5.79. The van der Waals surface area contributed by atoms with Gasteiger partial charge in [0.05, 0.1) is 10.6 Å². The maximum absolute atomic E-state index is 13.8. The van der Waals surface area contributed by atoms with Gasteiger partial charge < -0.3 is 10.2 Å². The number of nitrogens with zero attached hydrogens (tertiary/aromatic N) is 2. The number of amides is 1. The minimum absolute atomic E-state index is 0.254. The summed E-state index contributed by atoms with van der Waals surface area (Å²) in [6.45, 7) is 4.53. The lowest BCUT2D eigenvalue weighted by atomic mass is 10.1. The van der Waals surface area contributed by atoms with Crippen molar-refractivity contribution < 1.29 is 13.6 Å². The lowest BCUT2D eigenvalue weighted by Crippen LogP contribution is -2.62. The Morgan fingerprint density at radius 1 is 1.14 bits per heavy atom. The standard InChI is InChI=1S/C14H16ClF2N3O/c15-11-6-12(16)10(5-13(11)17)14(21)20-3-1-19(2-4-20)9-7-18-8-9/h5-6,9,18H,1-4,7-8H2. The van der Waals surface area contributed by atoms with Crippen LogP contribution in [-0.2, 0) is 0 Å². The van der Waals surface area contributed by atoms with Crippen LogP contribution >= 0.6 is 11.6 Å². The number of benzene rings is 1. The van der Waals surface area contributed by atoms with Crippen LogP contribution in [0.15, 0.2) is 12.1 Å². The topological polar surface area (TPSA) is 35.6 Å². The molecule has 7 heteroatoms. The maximum atomic E-state index is 13.8. The van der Waals surface area contributed by atoms with Gasteiger partial charge in [0.1, 0.15) is 11.6 Å². The van der Waals surface area contributed by atoms with Crippen molar-refractivity contribution in [2.24, 2.45) is 0 Å². The molecule has 0 bridgehead atoms. The Bertz CT molecular complexity index is 557. The van der Waals surface area contributed by atoms with Crippen molar-refractivity contribution in [3.8, 4) is 0 Å². The first-order chi connectivity index (χ1) is 10.1. The minimum atomic E-state index is -0.781. The lowest BCUT2D eigenvalue weighted by molar-refractivity contribution is 0.0498. The van der Waals surface area contributed by atoms with Crippen molar-refractivity contribution in [3.63, 3.8) is 0 Å². The van der Waals surface area contributed by atoms with Crippen LogP contribution in [-0.4, -0.2) is 61.0 Å². The second kappa shape index (κ2) is 5.87. The van der Waals surface area contributed by atoms with Crippen LogP contribution in [0.25, 0.3) is 0 Å². The molecular formula is C14H16ClF2N3O. The molecule has 0 atom stereocenters. The molecule has 0 unspecified atom stereocenters. The van der Waals surface area contributed by atoms with Gasteiger partial charge in [-0.25, -0.2) is 8.78 Å². The third-order valence-corrected chi connectivity index (χ3v) is 4.41. The normalized spacial score (nSPS) is 20.4. The van der Waals surface area contributed by atoms with Gasteiger partial charge in [-0.15, -0.1) is 0 Å². The number of hydrogen-bond acceptors (Lipinski definition) is 3. The summed E-state index contributed by atoms with van der Waals surface area (Å²) in [5.41, 5.74) is -0.254. The Morgan fingerprint density at radius 2 is 1.81 bits per heavy atom. The Balaban J connectivity index is 1.67. The predicted octanol–water partition coefficient (Wildman–Crippen LogP) is 1.35. The fraction of sp³-hybridized carbons (Fsp3) is 0.500. The van der Waals surface area contributed by atoms with Gasteiger partial charge in [-0.2, -0.15) is 0 Å². The van der Waals surface area contributed by atoms with E-state index < -0.39 is 17.5 Å². The van der Waals surface area contributed by atoms with Gasteiger partial charge in [0.15, 0.2) is 0 Å². The summed E-state index contributed by atoms with van der Waals surface area (Å²) in [6, 6.07) is 2.26. The van der Waals surface area contributed by atoms with Crippen LogP contribution < -0.4 is 5.32 Å². The smallest absolute Gasteiger partial charge is 0.257 e. The van der Waals surface area contributed by atoms with E-state index in [1.54, 1.807) is 4.90 Å². The number of rotatable bonds is 2. The molecule has 2 fully saturated rings. The molecular weight excluding hydrogens is 300 g/mol. The lowest BCUT2D eigenvalue weighted by Gasteiger charge is -2.43. The number of carbonyl (C=O) groups excluding carboxylic acids is 1. The highest BCUT2D eigenvalue weighted by molar-refractivity contribution is 6.30. The van der Waals surface area contributed by atoms with Crippen LogP contribution in [0.3, 0.4) is 0 Å². The van der Waals surface area contributed by atoms with Crippen LogP contribution in [0.5, 0.6) is 0 Å². The van der Waals surface area contributed by atoms with Crippen molar-refractivity contribution in [1.82, 2.24) is 15.1 Å². The molecule has 0 saturated carbocycles. The third-order valence-electron chi connectivity index (χ3n) is 4.12. The van der Waals surface area contributed by atoms with Crippen LogP contribution in [0, 0.1) is 11.6 Å². The summed E-state index contributed by atoms with van der Waals surface area (Å²) in [4.78, 5) is 16.2. The van der Waals surface area contributed by atoms with E-state index in [1.807, 2.05) is 0 Å². The molecule has 114 valence electrons. The first-order valence-corrected chi connectivity index (χ1v) is 7.32. The van der Waals surface area contributed by atoms with Crippen molar-refractivity contribution in [2.45, 2.75) is 6.04 Å². The summed E-state index contributed by atoms with van der Waals surface area (Å²) in [5, 5.41) is 2.90. The molecule has 0 aliphatic carbocycles. The molecule has 0 aromatic heterocycles. The summed E-state index contributed by atoms with van der Waals surface area (Å²) in [6.07, 6.45) is 0. The van der Waals surface area contributed by atoms with Crippen molar-refractivity contribution in [2.75, 3.05) is 39.3 Å². The van der Waals surface area contributed by atoms with E-state index in [2.05, 4.69) is 10.2 Å². The maximum Gasteiger partial charge on any atom is 0.257 e. The quantitative estimate of drug-likeness (QED) is 0.837. The average Bonchev–Trinajstić information content (AvgIpc) is 2.41. The van der Waals surface area contributed by atoms with Crippen LogP contribution in [0.2, 0.25) is 5.02 Å². The molecule has 3 rings (SSSR count). The van der Waals surface area contributed by atoms with Gasteiger partial charge in [0.25, 0.3) is 5.91 Å². The van der Waals surface area contributed by atoms with E-state index >= 15 is 0 Å². The molecule has 21 heavy (non-hydrogen) atoms. The number of halogens is 3. The minimum Gasteiger partial charge on any atom is -0.336 e. The van der Waals surface area contributed by atoms with Gasteiger partial charge in [-0.1, -0.05) is 11.6 Å². The zero-order valence-electron chi connectivity index (χ0n) is 11.4. The molecule has 2 aliphatic heterocycles. The second-order valence-electron chi connectivity index (χ2n) is 5.39. The van der Waals surface area contributed by atoms with E-state index in [0.717, 1.165) is 38.3 Å². The van der Waals surface area contributed by atoms with E-state index in [0.29, 0.717) is 19.1 Å². The number of nitrogens with one attached hydrogen (secondary N) is 1. The Morgan fingerprint density at radius 3 is 2.38 bits per heavy atom. The SMILES string of the molecule is O=C(c1cc(F)c(Cl)cc1F)N1CCN(C2CNC2)CC1. The average molecular weight is 316 g/mol. The fourth-order valence-electron chi connectivity index (χ4n) is 2.68. The zero-order valence-corrected chi connectivity index (χ0v) is 12.2. The molecule has 1 amide bonds. The number of piperazine rings is 1. The van der Waals surface area contributed by atoms with Crippen LogP contribution in [0.4, 0.5) is 8.78 Å². The monoisotopic (exact) mass is 315 g/mol. The zero-order chi connectivity index (χ0) is 15.0. The first kappa shape index (κ1) is 14.7. The van der Waals surface area contributed by atoms with Crippen molar-refractivity contribution >= 4 is 17.5 Å². The highest BCUT2D eigenvalue weighted by atomic mass is 35.5. The van der Waals surface area contributed by atoms with E-state index in [-0.39, 0.29) is 10.6 Å². The van der Waals surface area contributed by atoms with Crippen molar-refractivity contribution in [1.29, 1.82) is 0 Å². The number of hydrogen-bond donors (Lipinski definition) is 1. The molecule has 1 N–H and O–H groups in total. The highest BCUT2D eigenvalue weighted by Crippen LogP contribution is 2.21. The summed E-state index contributed by atoms with van der Waals surface area (Å²) in [5.74, 6) is -2.04. The van der Waals surface area contributed by atoms with Gasteiger partial charge in [0.2, 0.25) is 0 Å². The van der Waals surface area contributed by atoms with Gasteiger partial charge in [-0.3, -0.25) is 9.69 Å². The number of carbonyl (C=O) groups is 1. The van der Waals surface area contributed by atoms with Crippen molar-refractivity contribution in [3.05, 3.63) is 34.4 Å². The van der Waals surface area contributed by atoms with E-state index in [9.17, 15) is 13.6 Å². The summed E-state index contributed by atoms with van der Waals surface area (Å²) < 4.78 is 27.2.